The summed E-state index contributed by atoms with van der Waals surface area (Å²) in [6.45, 7) is 3.11. The molecule has 1 saturated carbocycles. The molecule has 0 bridgehead atoms. The van der Waals surface area contributed by atoms with Gasteiger partial charge in [0.2, 0.25) is 0 Å². The summed E-state index contributed by atoms with van der Waals surface area (Å²) in [5.74, 6) is 0.479. The molecule has 1 aliphatic carbocycles. The molecule has 0 spiro atoms. The molecular weight excluding hydrogens is 182 g/mol. The standard InChI is InChI=1S/C10H19NO3/c1-2-14-10(12)9(11)7-13-6-5-8-3-4-8/h8-9H,2-7,11H2,1H3. The van der Waals surface area contributed by atoms with Crippen molar-refractivity contribution in [1.29, 1.82) is 0 Å². The minimum atomic E-state index is -0.630. The first-order chi connectivity index (χ1) is 6.74. The van der Waals surface area contributed by atoms with E-state index in [0.717, 1.165) is 12.3 Å². The summed E-state index contributed by atoms with van der Waals surface area (Å²) < 4.78 is 10.0. The lowest BCUT2D eigenvalue weighted by atomic mass is 10.3. The van der Waals surface area contributed by atoms with Crippen molar-refractivity contribution in [3.8, 4) is 0 Å². The fraction of sp³-hybridized carbons (Fsp3) is 0.900. The van der Waals surface area contributed by atoms with Crippen LogP contribution in [0.4, 0.5) is 0 Å². The predicted octanol–water partition coefficient (Wildman–Crippen LogP) is 0.693. The summed E-state index contributed by atoms with van der Waals surface area (Å²) >= 11 is 0. The van der Waals surface area contributed by atoms with E-state index in [2.05, 4.69) is 0 Å². The molecule has 0 aromatic heterocycles. The first-order valence-corrected chi connectivity index (χ1v) is 5.24. The van der Waals surface area contributed by atoms with Gasteiger partial charge in [0.1, 0.15) is 6.04 Å². The Kier molecular flexibility index (Phi) is 4.90. The van der Waals surface area contributed by atoms with Gasteiger partial charge in [-0.15, -0.1) is 0 Å². The maximum atomic E-state index is 11.1. The van der Waals surface area contributed by atoms with Crippen molar-refractivity contribution in [1.82, 2.24) is 0 Å². The Morgan fingerprint density at radius 2 is 2.29 bits per heavy atom. The highest BCUT2D eigenvalue weighted by Crippen LogP contribution is 2.31. The lowest BCUT2D eigenvalue weighted by Crippen LogP contribution is -2.36. The number of ether oxygens (including phenoxy) is 2. The molecule has 0 aliphatic heterocycles. The highest BCUT2D eigenvalue weighted by Gasteiger charge is 2.21. The van der Waals surface area contributed by atoms with Crippen molar-refractivity contribution in [2.75, 3.05) is 19.8 Å². The summed E-state index contributed by atoms with van der Waals surface area (Å²) in [5, 5.41) is 0. The van der Waals surface area contributed by atoms with Crippen LogP contribution >= 0.6 is 0 Å². The van der Waals surface area contributed by atoms with E-state index in [1.54, 1.807) is 6.92 Å². The maximum Gasteiger partial charge on any atom is 0.325 e. The number of carbonyl (C=O) groups excluding carboxylic acids is 1. The van der Waals surface area contributed by atoms with Crippen LogP contribution in [0.2, 0.25) is 0 Å². The lowest BCUT2D eigenvalue weighted by molar-refractivity contribution is -0.146. The molecular formula is C10H19NO3. The normalized spacial score (nSPS) is 17.9. The highest BCUT2D eigenvalue weighted by molar-refractivity contribution is 5.75. The zero-order valence-corrected chi connectivity index (χ0v) is 8.70. The number of esters is 1. The van der Waals surface area contributed by atoms with Gasteiger partial charge in [-0.25, -0.2) is 0 Å². The number of rotatable bonds is 7. The Bertz CT molecular complexity index is 180. The molecule has 4 heteroatoms. The van der Waals surface area contributed by atoms with E-state index in [4.69, 9.17) is 15.2 Å². The molecule has 4 nitrogen and oxygen atoms in total. The van der Waals surface area contributed by atoms with Gasteiger partial charge in [0, 0.05) is 6.61 Å². The molecule has 1 aliphatic rings. The van der Waals surface area contributed by atoms with Crippen molar-refractivity contribution in [3.05, 3.63) is 0 Å². The molecule has 0 radical (unpaired) electrons. The molecule has 0 saturated heterocycles. The van der Waals surface area contributed by atoms with Crippen LogP contribution in [0.5, 0.6) is 0 Å². The summed E-state index contributed by atoms with van der Waals surface area (Å²) in [6, 6.07) is -0.630. The van der Waals surface area contributed by atoms with Crippen molar-refractivity contribution in [3.63, 3.8) is 0 Å². The van der Waals surface area contributed by atoms with Crippen molar-refractivity contribution in [2.24, 2.45) is 11.7 Å². The second kappa shape index (κ2) is 5.98. The average molecular weight is 201 g/mol. The van der Waals surface area contributed by atoms with Gasteiger partial charge >= 0.3 is 5.97 Å². The zero-order valence-electron chi connectivity index (χ0n) is 8.70. The summed E-state index contributed by atoms with van der Waals surface area (Å²) in [7, 11) is 0. The van der Waals surface area contributed by atoms with Gasteiger partial charge < -0.3 is 15.2 Å². The third-order valence-corrected chi connectivity index (χ3v) is 2.25. The molecule has 0 aromatic rings. The second-order valence-corrected chi connectivity index (χ2v) is 3.67. The SMILES string of the molecule is CCOC(=O)C(N)COCCC1CC1. The number of hydrogen-bond acceptors (Lipinski definition) is 4. The van der Waals surface area contributed by atoms with E-state index < -0.39 is 6.04 Å². The third-order valence-electron chi connectivity index (χ3n) is 2.25. The molecule has 0 heterocycles. The van der Waals surface area contributed by atoms with Crippen molar-refractivity contribution >= 4 is 5.97 Å². The Balaban J connectivity index is 1.95. The maximum absolute atomic E-state index is 11.1. The average Bonchev–Trinajstić information content (AvgIpc) is 2.96. The van der Waals surface area contributed by atoms with E-state index in [1.807, 2.05) is 0 Å². The van der Waals surface area contributed by atoms with Gasteiger partial charge in [0.05, 0.1) is 13.2 Å². The van der Waals surface area contributed by atoms with Crippen LogP contribution in [0.3, 0.4) is 0 Å². The van der Waals surface area contributed by atoms with Crippen LogP contribution < -0.4 is 5.73 Å². The number of nitrogens with two attached hydrogens (primary N) is 1. The minimum absolute atomic E-state index is 0.269. The first-order valence-electron chi connectivity index (χ1n) is 5.24. The predicted molar refractivity (Wildman–Crippen MR) is 52.8 cm³/mol. The lowest BCUT2D eigenvalue weighted by Gasteiger charge is -2.10. The quantitative estimate of drug-likeness (QED) is 0.486. The second-order valence-electron chi connectivity index (χ2n) is 3.67. The van der Waals surface area contributed by atoms with Crippen LogP contribution in [-0.4, -0.2) is 31.8 Å². The number of hydrogen-bond donors (Lipinski definition) is 1. The van der Waals surface area contributed by atoms with Gasteiger partial charge in [-0.2, -0.15) is 0 Å². The Hall–Kier alpha value is -0.610. The van der Waals surface area contributed by atoms with Crippen LogP contribution in [0, 0.1) is 5.92 Å². The molecule has 1 atom stereocenters. The molecule has 1 fully saturated rings. The Labute approximate surface area is 84.7 Å². The zero-order chi connectivity index (χ0) is 10.4. The molecule has 0 amide bonds. The molecule has 2 N–H and O–H groups in total. The van der Waals surface area contributed by atoms with E-state index in [1.165, 1.54) is 12.8 Å². The highest BCUT2D eigenvalue weighted by atomic mass is 16.5. The Morgan fingerprint density at radius 1 is 1.57 bits per heavy atom. The van der Waals surface area contributed by atoms with E-state index in [9.17, 15) is 4.79 Å². The van der Waals surface area contributed by atoms with Crippen molar-refractivity contribution < 1.29 is 14.3 Å². The van der Waals surface area contributed by atoms with Gasteiger partial charge in [-0.3, -0.25) is 4.79 Å². The van der Waals surface area contributed by atoms with E-state index in [-0.39, 0.29) is 12.6 Å². The molecule has 1 rings (SSSR count). The fourth-order valence-electron chi connectivity index (χ4n) is 1.18. The van der Waals surface area contributed by atoms with E-state index in [0.29, 0.717) is 13.2 Å². The minimum Gasteiger partial charge on any atom is -0.465 e. The van der Waals surface area contributed by atoms with Gasteiger partial charge in [-0.1, -0.05) is 12.8 Å². The number of carbonyl (C=O) groups is 1. The topological polar surface area (TPSA) is 61.5 Å². The summed E-state index contributed by atoms with van der Waals surface area (Å²) in [6.07, 6.45) is 3.75. The largest absolute Gasteiger partial charge is 0.465 e. The summed E-state index contributed by atoms with van der Waals surface area (Å²) in [5.41, 5.74) is 5.54. The van der Waals surface area contributed by atoms with E-state index >= 15 is 0 Å². The van der Waals surface area contributed by atoms with Gasteiger partial charge in [0.15, 0.2) is 0 Å². The van der Waals surface area contributed by atoms with Gasteiger partial charge in [0.25, 0.3) is 0 Å². The van der Waals surface area contributed by atoms with Crippen LogP contribution in [0.15, 0.2) is 0 Å². The van der Waals surface area contributed by atoms with Crippen LogP contribution in [-0.2, 0) is 14.3 Å². The monoisotopic (exact) mass is 201 g/mol. The molecule has 0 aromatic carbocycles. The molecule has 1 unspecified atom stereocenters. The van der Waals surface area contributed by atoms with Crippen molar-refractivity contribution in [2.45, 2.75) is 32.2 Å². The summed E-state index contributed by atoms with van der Waals surface area (Å²) in [4.78, 5) is 11.1. The third kappa shape index (κ3) is 4.58. The fourth-order valence-corrected chi connectivity index (χ4v) is 1.18. The smallest absolute Gasteiger partial charge is 0.325 e. The molecule has 14 heavy (non-hydrogen) atoms. The molecule has 82 valence electrons. The van der Waals surface area contributed by atoms with Crippen LogP contribution in [0.1, 0.15) is 26.2 Å². The Morgan fingerprint density at radius 3 is 2.86 bits per heavy atom. The van der Waals surface area contributed by atoms with Crippen LogP contribution in [0.25, 0.3) is 0 Å². The first kappa shape index (κ1) is 11.5. The van der Waals surface area contributed by atoms with Gasteiger partial charge in [-0.05, 0) is 19.3 Å².